The number of likely N-dealkylation sites (tertiary alicyclic amines) is 1. The predicted octanol–water partition coefficient (Wildman–Crippen LogP) is -0.810. The average Bonchev–Trinajstić information content (AvgIpc) is 3.43. The van der Waals surface area contributed by atoms with Crippen LogP contribution in [0.5, 0.6) is 0 Å². The van der Waals surface area contributed by atoms with Crippen molar-refractivity contribution < 1.29 is 19.3 Å². The summed E-state index contributed by atoms with van der Waals surface area (Å²) in [5.41, 5.74) is 0.417. The molecule has 2 fully saturated rings. The Morgan fingerprint density at radius 1 is 1.46 bits per heavy atom. The van der Waals surface area contributed by atoms with Gasteiger partial charge in [-0.2, -0.15) is 0 Å². The SMILES string of the molecule is BBc1cc(C(C(=O)N2C[C@H](O)C[C@H]2C2=NOC3(CCCC3)N2)C(C)C)on1. The molecule has 1 aromatic heterocycles. The summed E-state index contributed by atoms with van der Waals surface area (Å²) >= 11 is 0. The van der Waals surface area contributed by atoms with Crippen molar-refractivity contribution in [1.82, 2.24) is 15.4 Å². The standard InChI is InChI=1S/C18H28B2N4O4/c1-10(2)15(13-8-14(20-19)22-27-13)17(26)24-9-11(25)7-12(24)16-21-18(28-23-16)5-3-4-6-18/h8,10-12,15,20,25H,3-7,9,19H2,1-2H3,(H,21,23)/t11-,12+,15?/m1/s1. The zero-order chi connectivity index (χ0) is 19.9. The van der Waals surface area contributed by atoms with Crippen molar-refractivity contribution in [2.24, 2.45) is 11.1 Å². The van der Waals surface area contributed by atoms with Crippen LogP contribution >= 0.6 is 0 Å². The summed E-state index contributed by atoms with van der Waals surface area (Å²) in [6, 6.07) is 1.56. The third kappa shape index (κ3) is 3.43. The minimum atomic E-state index is -0.577. The van der Waals surface area contributed by atoms with Crippen molar-refractivity contribution in [2.45, 2.75) is 69.7 Å². The van der Waals surface area contributed by atoms with Gasteiger partial charge in [0.25, 0.3) is 0 Å². The summed E-state index contributed by atoms with van der Waals surface area (Å²) in [7, 11) is 2.76. The van der Waals surface area contributed by atoms with Crippen LogP contribution in [-0.2, 0) is 9.63 Å². The van der Waals surface area contributed by atoms with Gasteiger partial charge in [0.05, 0.1) is 19.9 Å². The Morgan fingerprint density at radius 2 is 2.21 bits per heavy atom. The van der Waals surface area contributed by atoms with E-state index in [0.29, 0.717) is 18.0 Å². The highest BCUT2D eigenvalue weighted by Crippen LogP contribution is 2.36. The molecule has 1 aromatic rings. The van der Waals surface area contributed by atoms with E-state index >= 15 is 0 Å². The highest BCUT2D eigenvalue weighted by molar-refractivity contribution is 6.97. The number of aromatic nitrogens is 1. The van der Waals surface area contributed by atoms with Gasteiger partial charge >= 0.3 is 0 Å². The molecule has 2 aliphatic heterocycles. The number of aliphatic hydroxyl groups excluding tert-OH is 1. The lowest BCUT2D eigenvalue weighted by Gasteiger charge is -2.30. The number of nitrogens with one attached hydrogen (secondary N) is 1. The van der Waals surface area contributed by atoms with Crippen LogP contribution in [0.2, 0.25) is 0 Å². The maximum absolute atomic E-state index is 13.5. The Kier molecular flexibility index (Phi) is 5.16. The largest absolute Gasteiger partial charge is 0.391 e. The molecule has 10 heteroatoms. The molecule has 150 valence electrons. The van der Waals surface area contributed by atoms with Crippen LogP contribution in [0.15, 0.2) is 15.7 Å². The molecule has 3 atom stereocenters. The number of aliphatic hydroxyl groups is 1. The summed E-state index contributed by atoms with van der Waals surface area (Å²) < 4.78 is 5.49. The maximum Gasteiger partial charge on any atom is 0.234 e. The molecule has 1 spiro atoms. The second-order valence-electron chi connectivity index (χ2n) is 8.59. The molecular weight excluding hydrogens is 358 g/mol. The van der Waals surface area contributed by atoms with Gasteiger partial charge in [-0.05, 0) is 24.8 Å². The van der Waals surface area contributed by atoms with Gasteiger partial charge in [-0.1, -0.05) is 24.2 Å². The summed E-state index contributed by atoms with van der Waals surface area (Å²) in [6.07, 6.45) is 3.91. The molecular formula is C18H28B2N4O4. The Bertz CT molecular complexity index is 763. The van der Waals surface area contributed by atoms with E-state index < -0.39 is 17.7 Å². The highest BCUT2D eigenvalue weighted by Gasteiger charge is 2.48. The lowest BCUT2D eigenvalue weighted by Crippen LogP contribution is -2.51. The summed E-state index contributed by atoms with van der Waals surface area (Å²) in [4.78, 5) is 21.0. The number of oxime groups is 1. The maximum atomic E-state index is 13.5. The van der Waals surface area contributed by atoms with Gasteiger partial charge < -0.3 is 24.7 Å². The number of rotatable bonds is 5. The van der Waals surface area contributed by atoms with Crippen molar-refractivity contribution in [1.29, 1.82) is 0 Å². The van der Waals surface area contributed by atoms with E-state index in [2.05, 4.69) is 15.6 Å². The highest BCUT2D eigenvalue weighted by atomic mass is 16.7. The van der Waals surface area contributed by atoms with Crippen molar-refractivity contribution in [3.05, 3.63) is 11.8 Å². The number of hydrogen-bond donors (Lipinski definition) is 2. The van der Waals surface area contributed by atoms with Crippen LogP contribution in [0.1, 0.15) is 57.6 Å². The van der Waals surface area contributed by atoms with Crippen LogP contribution in [-0.4, -0.2) is 66.2 Å². The first kappa shape index (κ1) is 19.4. The molecule has 0 aromatic carbocycles. The molecule has 28 heavy (non-hydrogen) atoms. The molecule has 0 radical (unpaired) electrons. The zero-order valence-corrected chi connectivity index (χ0v) is 16.9. The molecule has 8 nitrogen and oxygen atoms in total. The molecule has 3 heterocycles. The smallest absolute Gasteiger partial charge is 0.234 e. The first-order valence-electron chi connectivity index (χ1n) is 10.4. The number of amides is 1. The summed E-state index contributed by atoms with van der Waals surface area (Å²) in [5, 5.41) is 22.1. The number of carbonyl (C=O) groups excluding carboxylic acids is 1. The molecule has 2 N–H and O–H groups in total. The van der Waals surface area contributed by atoms with Crippen LogP contribution < -0.4 is 10.9 Å². The van der Waals surface area contributed by atoms with Gasteiger partial charge in [0.1, 0.15) is 18.8 Å². The van der Waals surface area contributed by atoms with Gasteiger partial charge in [0.2, 0.25) is 11.6 Å². The molecule has 1 saturated heterocycles. The molecule has 1 unspecified atom stereocenters. The van der Waals surface area contributed by atoms with Gasteiger partial charge in [-0.15, -0.1) is 0 Å². The lowest BCUT2D eigenvalue weighted by atomic mass is 9.53. The first-order chi connectivity index (χ1) is 13.4. The van der Waals surface area contributed by atoms with Gasteiger partial charge in [-0.3, -0.25) is 4.79 Å². The van der Waals surface area contributed by atoms with Crippen molar-refractivity contribution in [3.8, 4) is 0 Å². The topological polar surface area (TPSA) is 100 Å². The van der Waals surface area contributed by atoms with E-state index in [9.17, 15) is 9.90 Å². The fourth-order valence-electron chi connectivity index (χ4n) is 4.59. The van der Waals surface area contributed by atoms with Gasteiger partial charge in [0, 0.05) is 31.4 Å². The van der Waals surface area contributed by atoms with Crippen LogP contribution in [0.4, 0.5) is 0 Å². The average molecular weight is 386 g/mol. The number of carbonyl (C=O) groups is 1. The molecule has 1 amide bonds. The minimum Gasteiger partial charge on any atom is -0.391 e. The Hall–Kier alpha value is -1.96. The lowest BCUT2D eigenvalue weighted by molar-refractivity contribution is -0.134. The van der Waals surface area contributed by atoms with Crippen molar-refractivity contribution in [3.63, 3.8) is 0 Å². The van der Waals surface area contributed by atoms with Crippen LogP contribution in [0.3, 0.4) is 0 Å². The molecule has 1 aliphatic carbocycles. The van der Waals surface area contributed by atoms with Gasteiger partial charge in [0.15, 0.2) is 5.84 Å². The summed E-state index contributed by atoms with van der Waals surface area (Å²) in [5.74, 6) is 0.776. The van der Waals surface area contributed by atoms with E-state index in [-0.39, 0.29) is 24.4 Å². The van der Waals surface area contributed by atoms with Crippen molar-refractivity contribution >= 4 is 32.2 Å². The quantitative estimate of drug-likeness (QED) is 0.643. The number of nitrogens with zero attached hydrogens (tertiary/aromatic N) is 3. The third-order valence-corrected chi connectivity index (χ3v) is 6.14. The number of amidine groups is 1. The second-order valence-corrected chi connectivity index (χ2v) is 8.59. The first-order valence-corrected chi connectivity index (χ1v) is 10.4. The Labute approximate surface area is 166 Å². The molecule has 0 bridgehead atoms. The fraction of sp³-hybridized carbons (Fsp3) is 0.722. The van der Waals surface area contributed by atoms with Crippen LogP contribution in [0.25, 0.3) is 0 Å². The second kappa shape index (κ2) is 7.46. The summed E-state index contributed by atoms with van der Waals surface area (Å²) in [6.45, 7) is 4.29. The van der Waals surface area contributed by atoms with Gasteiger partial charge in [-0.25, -0.2) is 0 Å². The van der Waals surface area contributed by atoms with E-state index in [0.717, 1.165) is 38.4 Å². The number of hydrogen-bond acceptors (Lipinski definition) is 7. The van der Waals surface area contributed by atoms with E-state index in [1.54, 1.807) is 4.90 Å². The minimum absolute atomic E-state index is 0.0412. The molecule has 4 rings (SSSR count). The predicted molar refractivity (Wildman–Crippen MR) is 108 cm³/mol. The van der Waals surface area contributed by atoms with E-state index in [1.165, 1.54) is 0 Å². The Balaban J connectivity index is 1.55. The fourth-order valence-corrected chi connectivity index (χ4v) is 4.59. The monoisotopic (exact) mass is 386 g/mol. The third-order valence-electron chi connectivity index (χ3n) is 6.14. The van der Waals surface area contributed by atoms with E-state index in [4.69, 9.17) is 9.36 Å². The zero-order valence-electron chi connectivity index (χ0n) is 16.9. The normalized spacial score (nSPS) is 27.0. The number of β-amino-alcohol motifs (C(OH)–C–C–N with tert-alkyl or cyclic N) is 1. The van der Waals surface area contributed by atoms with E-state index in [1.807, 2.05) is 27.7 Å². The Morgan fingerprint density at radius 3 is 2.86 bits per heavy atom. The molecule has 3 aliphatic rings. The molecule has 1 saturated carbocycles. The van der Waals surface area contributed by atoms with Crippen molar-refractivity contribution in [2.75, 3.05) is 6.54 Å². The van der Waals surface area contributed by atoms with Crippen LogP contribution in [0, 0.1) is 5.92 Å².